The highest BCUT2D eigenvalue weighted by atomic mass is 35.5. The number of benzene rings is 1. The number of ether oxygens (including phenoxy) is 8. The van der Waals surface area contributed by atoms with Crippen LogP contribution < -0.4 is 14.8 Å². The van der Waals surface area contributed by atoms with Gasteiger partial charge in [0, 0.05) is 69.5 Å². The van der Waals surface area contributed by atoms with Crippen LogP contribution >= 0.6 is 23.2 Å². The summed E-state index contributed by atoms with van der Waals surface area (Å²) in [6, 6.07) is 2.67. The molecule has 2 aromatic rings. The van der Waals surface area contributed by atoms with Crippen LogP contribution in [0.2, 0.25) is 10.0 Å². The average molecular weight is 1070 g/mol. The van der Waals surface area contributed by atoms with Crippen molar-refractivity contribution in [2.75, 3.05) is 66.0 Å². The Morgan fingerprint density at radius 2 is 1.64 bits per heavy atom. The summed E-state index contributed by atoms with van der Waals surface area (Å²) in [5.74, 6) is -4.69. The van der Waals surface area contributed by atoms with Crippen LogP contribution in [0.3, 0.4) is 0 Å². The summed E-state index contributed by atoms with van der Waals surface area (Å²) in [5, 5.41) is 27.1. The van der Waals surface area contributed by atoms with Crippen LogP contribution in [0.25, 0.3) is 0 Å². The number of pyridine rings is 1. The van der Waals surface area contributed by atoms with E-state index in [0.717, 1.165) is 0 Å². The lowest BCUT2D eigenvalue weighted by Gasteiger charge is -2.48. The number of aliphatic hydroxyl groups excluding tert-OH is 2. The highest BCUT2D eigenvalue weighted by Crippen LogP contribution is 2.44. The van der Waals surface area contributed by atoms with Gasteiger partial charge < -0.3 is 68.1 Å². The number of esters is 1. The fourth-order valence-corrected chi connectivity index (χ4v) is 11.4. The lowest BCUT2D eigenvalue weighted by atomic mass is 9.73. The van der Waals surface area contributed by atoms with E-state index in [1.54, 1.807) is 65.6 Å². The Hall–Kier alpha value is -4.54. The lowest BCUT2D eigenvalue weighted by Crippen LogP contribution is -2.62. The molecule has 6 rings (SSSR count). The fraction of sp³-hybridized carbons (Fsp3) is 0.686. The number of nitrogens with zero attached hydrogens (tertiary/aromatic N) is 4. The number of halogens is 2. The third kappa shape index (κ3) is 12.4. The second-order valence-corrected chi connectivity index (χ2v) is 20.9. The zero-order valence-electron chi connectivity index (χ0n) is 43.6. The number of hydrogen-bond donors (Lipinski definition) is 3. The van der Waals surface area contributed by atoms with E-state index in [2.05, 4.69) is 10.3 Å². The van der Waals surface area contributed by atoms with Gasteiger partial charge in [-0.3, -0.25) is 19.4 Å². The number of ketones is 1. The van der Waals surface area contributed by atoms with Gasteiger partial charge in [-0.05, 0) is 71.6 Å². The number of morpholine rings is 1. The number of rotatable bonds is 13. The number of Topliss-reactive ketones (excluding diaryl/α,β-unsaturated/α-hetero) is 1. The van der Waals surface area contributed by atoms with Crippen molar-refractivity contribution in [1.82, 2.24) is 19.7 Å². The van der Waals surface area contributed by atoms with Gasteiger partial charge in [-0.2, -0.15) is 0 Å². The molecule has 73 heavy (non-hydrogen) atoms. The quantitative estimate of drug-likeness (QED) is 0.149. The molecule has 0 aliphatic carbocycles. The standard InChI is InChI=1S/C51H73Cl2N5O15/c1-12-38-51(8)43(58(49(65)73-51)16-13-19-69-37-23-32(14-15-36(37)66-10)45(62)55-39-33(52)25-54-26-34(39)53)29(4)40(59)27(2)24-50(7,67-11)44(30(5)41(60)31(6)46(63)71-38)72-47-42(61)35(22-28(3)70-47)56(9)48(64)57-17-20-68-21-18-57/h14-15,23,25-31,35,38,41-44,47,60-61H,12-13,16-22,24H2,1-11H3,(H,54,55,62)/t27-,28-,29+,30+,31-,35+,38-,41+,42-,43-,44?,47+,50-,51-/m1/s1. The Morgan fingerprint density at radius 3 is 2.27 bits per heavy atom. The number of cyclic esters (lactones) is 1. The monoisotopic (exact) mass is 1070 g/mol. The van der Waals surface area contributed by atoms with E-state index in [4.69, 9.17) is 61.1 Å². The van der Waals surface area contributed by atoms with E-state index >= 15 is 0 Å². The zero-order chi connectivity index (χ0) is 53.7. The van der Waals surface area contributed by atoms with Crippen LogP contribution in [0.1, 0.15) is 91.4 Å². The molecule has 1 aromatic heterocycles. The molecule has 14 atom stereocenters. The molecule has 22 heteroatoms. The summed E-state index contributed by atoms with van der Waals surface area (Å²) in [6.45, 7) is 15.4. The molecular weight excluding hydrogens is 993 g/mol. The molecule has 5 heterocycles. The van der Waals surface area contributed by atoms with E-state index in [1.807, 2.05) is 6.92 Å². The third-order valence-electron chi connectivity index (χ3n) is 15.1. The summed E-state index contributed by atoms with van der Waals surface area (Å²) in [6.07, 6.45) is -3.99. The van der Waals surface area contributed by atoms with Gasteiger partial charge in [0.05, 0.1) is 84.6 Å². The van der Waals surface area contributed by atoms with Crippen molar-refractivity contribution >= 4 is 58.7 Å². The zero-order valence-corrected chi connectivity index (χ0v) is 45.1. The van der Waals surface area contributed by atoms with E-state index in [-0.39, 0.29) is 71.3 Å². The first kappa shape index (κ1) is 57.7. The molecule has 20 nitrogen and oxygen atoms in total. The average Bonchev–Trinajstić information content (AvgIpc) is 3.64. The number of aromatic nitrogens is 1. The molecule has 4 aliphatic heterocycles. The molecule has 406 valence electrons. The van der Waals surface area contributed by atoms with Crippen LogP contribution in [0.15, 0.2) is 30.6 Å². The maximum atomic E-state index is 15.0. The molecule has 1 aromatic carbocycles. The SMILES string of the molecule is CC[C@H]1OC(=O)[C@H](C)[C@@H](O)[C@H](C)C(O[C@@H]2O[C@H](C)C[C@H](N(C)C(=O)N3CCOCC3)[C@H]2O)[C@](C)(OC)C[C@@H](C)C(=O)[C@H](C)[C@H]2N(CCCOc3cc(C(=O)Nc4c(Cl)cncc4Cl)ccc3OC)C(=O)O[C@]12C. The predicted octanol–water partition coefficient (Wildman–Crippen LogP) is 6.24. The highest BCUT2D eigenvalue weighted by Gasteiger charge is 2.60. The first-order valence-corrected chi connectivity index (χ1v) is 25.7. The lowest BCUT2D eigenvalue weighted by molar-refractivity contribution is -0.300. The second kappa shape index (κ2) is 24.4. The largest absolute Gasteiger partial charge is 0.493 e. The Balaban J connectivity index is 1.25. The number of carbonyl (C=O) groups is 5. The maximum absolute atomic E-state index is 15.0. The van der Waals surface area contributed by atoms with Crippen molar-refractivity contribution in [2.45, 2.75) is 141 Å². The number of hydrogen-bond acceptors (Lipinski definition) is 16. The minimum Gasteiger partial charge on any atom is -0.493 e. The molecule has 1 unspecified atom stereocenters. The van der Waals surface area contributed by atoms with Crippen molar-refractivity contribution < 1.29 is 72.1 Å². The molecular formula is C51H73Cl2N5O15. The van der Waals surface area contributed by atoms with Gasteiger partial charge in [0.2, 0.25) is 0 Å². The Labute approximate surface area is 437 Å². The maximum Gasteiger partial charge on any atom is 0.410 e. The fourth-order valence-electron chi connectivity index (χ4n) is 10.9. The number of urea groups is 1. The highest BCUT2D eigenvalue weighted by molar-refractivity contribution is 6.39. The summed E-state index contributed by atoms with van der Waals surface area (Å²) < 4.78 is 48.8. The number of nitrogens with one attached hydrogen (secondary N) is 1. The first-order valence-electron chi connectivity index (χ1n) is 25.0. The number of likely N-dealkylation sites (N-methyl/N-ethyl adjacent to an activating group) is 1. The summed E-state index contributed by atoms with van der Waals surface area (Å²) >= 11 is 12.5. The third-order valence-corrected chi connectivity index (χ3v) is 15.7. The Morgan fingerprint density at radius 1 is 0.973 bits per heavy atom. The molecule has 3 N–H and O–H groups in total. The number of methoxy groups -OCH3 is 2. The number of fused-ring (bicyclic) bond motifs is 1. The normalized spacial score (nSPS) is 33.5. The van der Waals surface area contributed by atoms with Crippen LogP contribution in [0, 0.1) is 23.7 Å². The molecule has 0 bridgehead atoms. The molecule has 0 saturated carbocycles. The molecule has 4 fully saturated rings. The Bertz CT molecular complexity index is 2270. The summed E-state index contributed by atoms with van der Waals surface area (Å²) in [7, 11) is 4.54. The van der Waals surface area contributed by atoms with Gasteiger partial charge in [0.1, 0.15) is 18.0 Å². The van der Waals surface area contributed by atoms with Crippen molar-refractivity contribution in [2.24, 2.45) is 23.7 Å². The van der Waals surface area contributed by atoms with E-state index in [1.165, 1.54) is 49.4 Å². The first-order chi connectivity index (χ1) is 34.5. The van der Waals surface area contributed by atoms with Gasteiger partial charge in [-0.15, -0.1) is 0 Å². The molecule has 0 radical (unpaired) electrons. The van der Waals surface area contributed by atoms with Gasteiger partial charge in [0.25, 0.3) is 5.91 Å². The molecule has 4 aliphatic rings. The van der Waals surface area contributed by atoms with Crippen molar-refractivity contribution in [3.63, 3.8) is 0 Å². The number of amides is 4. The number of aliphatic hydroxyl groups is 2. The minimum absolute atomic E-state index is 0.0299. The number of carbonyl (C=O) groups excluding carboxylic acids is 5. The smallest absolute Gasteiger partial charge is 0.410 e. The summed E-state index contributed by atoms with van der Waals surface area (Å²) in [4.78, 5) is 78.8. The summed E-state index contributed by atoms with van der Waals surface area (Å²) in [5.41, 5.74) is -2.50. The van der Waals surface area contributed by atoms with E-state index < -0.39 is 102 Å². The molecule has 4 amide bonds. The predicted molar refractivity (Wildman–Crippen MR) is 268 cm³/mol. The van der Waals surface area contributed by atoms with Crippen LogP contribution in [-0.4, -0.2) is 180 Å². The van der Waals surface area contributed by atoms with Gasteiger partial charge in [0.15, 0.2) is 23.4 Å². The van der Waals surface area contributed by atoms with Crippen LogP contribution in [0.5, 0.6) is 11.5 Å². The van der Waals surface area contributed by atoms with Crippen molar-refractivity contribution in [1.29, 1.82) is 0 Å². The van der Waals surface area contributed by atoms with Gasteiger partial charge in [-0.25, -0.2) is 9.59 Å². The topological polar surface area (TPSA) is 234 Å². The molecule has 0 spiro atoms. The van der Waals surface area contributed by atoms with Crippen molar-refractivity contribution in [3.05, 3.63) is 46.2 Å². The second-order valence-electron chi connectivity index (χ2n) is 20.1. The van der Waals surface area contributed by atoms with Gasteiger partial charge >= 0.3 is 18.1 Å². The number of anilines is 1. The van der Waals surface area contributed by atoms with Crippen molar-refractivity contribution in [3.8, 4) is 11.5 Å². The minimum atomic E-state index is -1.53. The molecule has 4 saturated heterocycles. The van der Waals surface area contributed by atoms with Gasteiger partial charge in [-0.1, -0.05) is 50.9 Å². The Kier molecular flexibility index (Phi) is 19.3. The van der Waals surface area contributed by atoms with E-state index in [0.29, 0.717) is 38.5 Å². The van der Waals surface area contributed by atoms with E-state index in [9.17, 15) is 34.2 Å². The van der Waals surface area contributed by atoms with Crippen LogP contribution in [0.4, 0.5) is 15.3 Å². The van der Waals surface area contributed by atoms with Crippen LogP contribution in [-0.2, 0) is 38.0 Å².